The zero-order valence-corrected chi connectivity index (χ0v) is 14.9. The number of hydrogen-bond donors (Lipinski definition) is 1. The first kappa shape index (κ1) is 18.2. The van der Waals surface area contributed by atoms with Gasteiger partial charge < -0.3 is 10.6 Å². The minimum absolute atomic E-state index is 0.156. The molecule has 0 aliphatic rings. The Bertz CT molecular complexity index is 442. The van der Waals surface area contributed by atoms with Crippen LogP contribution in [-0.4, -0.2) is 24.4 Å². The molecule has 2 unspecified atom stereocenters. The van der Waals surface area contributed by atoms with Crippen molar-refractivity contribution >= 4 is 17.2 Å². The van der Waals surface area contributed by atoms with E-state index in [1.807, 2.05) is 11.9 Å². The van der Waals surface area contributed by atoms with E-state index in [4.69, 9.17) is 5.73 Å². The Morgan fingerprint density at radius 1 is 1.29 bits per heavy atom. The fourth-order valence-corrected chi connectivity index (χ4v) is 3.57. The predicted molar refractivity (Wildman–Crippen MR) is 91.5 cm³/mol. The molecule has 0 spiro atoms. The van der Waals surface area contributed by atoms with Crippen molar-refractivity contribution < 1.29 is 4.79 Å². The normalized spacial score (nSPS) is 14.2. The molecule has 3 nitrogen and oxygen atoms in total. The lowest BCUT2D eigenvalue weighted by molar-refractivity contribution is -0.132. The second kappa shape index (κ2) is 8.54. The molecule has 1 amide bonds. The van der Waals surface area contributed by atoms with Gasteiger partial charge in [0.15, 0.2) is 0 Å². The highest BCUT2D eigenvalue weighted by Gasteiger charge is 2.20. The summed E-state index contributed by atoms with van der Waals surface area (Å²) < 4.78 is 0. The third-order valence-electron chi connectivity index (χ3n) is 4.36. The quantitative estimate of drug-likeness (QED) is 0.789. The maximum absolute atomic E-state index is 12.4. The third kappa shape index (κ3) is 5.44. The molecule has 1 aromatic heterocycles. The Morgan fingerprint density at radius 2 is 1.95 bits per heavy atom. The highest BCUT2D eigenvalue weighted by atomic mass is 32.1. The molecule has 1 heterocycles. The van der Waals surface area contributed by atoms with Gasteiger partial charge in [-0.1, -0.05) is 13.8 Å². The minimum Gasteiger partial charge on any atom is -0.338 e. The molecular weight excluding hydrogens is 280 g/mol. The Hall–Kier alpha value is -0.870. The average molecular weight is 311 g/mol. The van der Waals surface area contributed by atoms with Crippen LogP contribution < -0.4 is 5.73 Å². The van der Waals surface area contributed by atoms with Crippen LogP contribution in [0.15, 0.2) is 12.1 Å². The molecular formula is C17H30N2OS. The molecule has 0 aliphatic carbocycles. The van der Waals surface area contributed by atoms with Gasteiger partial charge >= 0.3 is 0 Å². The first-order chi connectivity index (χ1) is 9.86. The highest BCUT2D eigenvalue weighted by molar-refractivity contribution is 7.12. The van der Waals surface area contributed by atoms with Crippen LogP contribution >= 0.6 is 11.3 Å². The van der Waals surface area contributed by atoms with Crippen molar-refractivity contribution in [3.63, 3.8) is 0 Å². The van der Waals surface area contributed by atoms with Gasteiger partial charge in [0, 0.05) is 23.2 Å². The Kier molecular flexibility index (Phi) is 7.40. The monoisotopic (exact) mass is 310 g/mol. The van der Waals surface area contributed by atoms with Gasteiger partial charge in [0.2, 0.25) is 5.91 Å². The lowest BCUT2D eigenvalue weighted by atomic mass is 9.88. The first-order valence-electron chi connectivity index (χ1n) is 7.88. The number of carbonyl (C=O) groups excluding carboxylic acids is 1. The van der Waals surface area contributed by atoms with E-state index in [1.54, 1.807) is 11.3 Å². The van der Waals surface area contributed by atoms with Crippen LogP contribution in [0.2, 0.25) is 0 Å². The Balaban J connectivity index is 2.54. The number of nitrogens with two attached hydrogens (primary N) is 1. The molecule has 0 aliphatic heterocycles. The Morgan fingerprint density at radius 3 is 2.43 bits per heavy atom. The smallest absolute Gasteiger partial charge is 0.222 e. The summed E-state index contributed by atoms with van der Waals surface area (Å²) in [6.07, 6.45) is 2.57. The van der Waals surface area contributed by atoms with Crippen LogP contribution in [-0.2, 0) is 4.79 Å². The van der Waals surface area contributed by atoms with Gasteiger partial charge in [0.25, 0.3) is 0 Å². The summed E-state index contributed by atoms with van der Waals surface area (Å²) in [5, 5.41) is 0. The number of rotatable bonds is 8. The lowest BCUT2D eigenvalue weighted by Gasteiger charge is -2.26. The number of amides is 1. The summed E-state index contributed by atoms with van der Waals surface area (Å²) in [6, 6.07) is 4.40. The lowest BCUT2D eigenvalue weighted by Crippen LogP contribution is -2.30. The largest absolute Gasteiger partial charge is 0.338 e. The van der Waals surface area contributed by atoms with Crippen LogP contribution in [0.25, 0.3) is 0 Å². The van der Waals surface area contributed by atoms with Crippen LogP contribution in [0.1, 0.15) is 55.8 Å². The molecule has 120 valence electrons. The number of nitrogens with zero attached hydrogens (tertiary/aromatic N) is 1. The maximum atomic E-state index is 12.4. The molecule has 2 N–H and O–H groups in total. The van der Waals surface area contributed by atoms with Crippen LogP contribution in [0.5, 0.6) is 0 Å². The van der Waals surface area contributed by atoms with Crippen molar-refractivity contribution in [2.75, 3.05) is 13.6 Å². The van der Waals surface area contributed by atoms with E-state index in [2.05, 4.69) is 39.8 Å². The minimum atomic E-state index is 0.156. The number of carbonyl (C=O) groups is 1. The van der Waals surface area contributed by atoms with E-state index in [9.17, 15) is 4.79 Å². The van der Waals surface area contributed by atoms with E-state index in [-0.39, 0.29) is 11.9 Å². The van der Waals surface area contributed by atoms with Crippen molar-refractivity contribution in [2.45, 2.75) is 53.0 Å². The molecule has 0 fully saturated rings. The van der Waals surface area contributed by atoms with Gasteiger partial charge in [0.05, 0.1) is 6.04 Å². The summed E-state index contributed by atoms with van der Waals surface area (Å²) in [5.41, 5.74) is 5.67. The van der Waals surface area contributed by atoms with E-state index >= 15 is 0 Å². The Labute approximate surface area is 133 Å². The molecule has 0 radical (unpaired) electrons. The maximum Gasteiger partial charge on any atom is 0.222 e. The van der Waals surface area contributed by atoms with Crippen molar-refractivity contribution in [2.24, 2.45) is 17.6 Å². The van der Waals surface area contributed by atoms with Gasteiger partial charge in [-0.3, -0.25) is 4.79 Å². The van der Waals surface area contributed by atoms with E-state index in [0.29, 0.717) is 24.8 Å². The number of thiophene rings is 1. The summed E-state index contributed by atoms with van der Waals surface area (Å²) >= 11 is 1.77. The molecule has 21 heavy (non-hydrogen) atoms. The van der Waals surface area contributed by atoms with Crippen molar-refractivity contribution in [3.05, 3.63) is 21.9 Å². The van der Waals surface area contributed by atoms with Gasteiger partial charge in [-0.25, -0.2) is 0 Å². The van der Waals surface area contributed by atoms with Gasteiger partial charge in [-0.15, -0.1) is 11.3 Å². The number of hydrogen-bond acceptors (Lipinski definition) is 3. The fraction of sp³-hybridized carbons (Fsp3) is 0.706. The van der Waals surface area contributed by atoms with E-state index in [1.165, 1.54) is 9.75 Å². The highest BCUT2D eigenvalue weighted by Crippen LogP contribution is 2.27. The zero-order valence-electron chi connectivity index (χ0n) is 14.1. The van der Waals surface area contributed by atoms with Crippen molar-refractivity contribution in [3.8, 4) is 0 Å². The predicted octanol–water partition coefficient (Wildman–Crippen LogP) is 3.98. The summed E-state index contributed by atoms with van der Waals surface area (Å²) in [4.78, 5) is 16.8. The molecule has 1 aromatic rings. The van der Waals surface area contributed by atoms with E-state index < -0.39 is 0 Å². The molecule has 0 saturated heterocycles. The van der Waals surface area contributed by atoms with Crippen LogP contribution in [0.3, 0.4) is 0 Å². The SMILES string of the molecule is Cc1ccc(C(C)N(C)C(=O)CCC(CCN)C(C)C)s1. The molecule has 0 saturated carbocycles. The van der Waals surface area contributed by atoms with Gasteiger partial charge in [-0.05, 0) is 57.2 Å². The van der Waals surface area contributed by atoms with Crippen LogP contribution in [0, 0.1) is 18.8 Å². The third-order valence-corrected chi connectivity index (χ3v) is 5.53. The zero-order chi connectivity index (χ0) is 16.0. The summed E-state index contributed by atoms with van der Waals surface area (Å²) in [7, 11) is 1.91. The molecule has 0 bridgehead atoms. The summed E-state index contributed by atoms with van der Waals surface area (Å²) in [6.45, 7) is 9.33. The fourth-order valence-electron chi connectivity index (χ4n) is 2.60. The van der Waals surface area contributed by atoms with E-state index in [0.717, 1.165) is 12.8 Å². The van der Waals surface area contributed by atoms with Gasteiger partial charge in [-0.2, -0.15) is 0 Å². The second-order valence-electron chi connectivity index (χ2n) is 6.25. The molecule has 0 aromatic carbocycles. The van der Waals surface area contributed by atoms with Crippen molar-refractivity contribution in [1.82, 2.24) is 4.90 Å². The summed E-state index contributed by atoms with van der Waals surface area (Å²) in [5.74, 6) is 1.37. The van der Waals surface area contributed by atoms with Crippen molar-refractivity contribution in [1.29, 1.82) is 0 Å². The molecule has 1 rings (SSSR count). The average Bonchev–Trinajstić information content (AvgIpc) is 2.87. The number of aryl methyl sites for hydroxylation is 1. The van der Waals surface area contributed by atoms with Crippen LogP contribution in [0.4, 0.5) is 0 Å². The first-order valence-corrected chi connectivity index (χ1v) is 8.70. The topological polar surface area (TPSA) is 46.3 Å². The van der Waals surface area contributed by atoms with Gasteiger partial charge in [0.1, 0.15) is 0 Å². The molecule has 4 heteroatoms. The molecule has 2 atom stereocenters. The standard InChI is InChI=1S/C17H30N2OS/c1-12(2)15(10-11-18)7-9-17(20)19(5)14(4)16-8-6-13(3)21-16/h6,8,12,14-15H,7,9-11,18H2,1-5H3. The second-order valence-corrected chi connectivity index (χ2v) is 7.57.